The molecule has 1 aliphatic heterocycles. The summed E-state index contributed by atoms with van der Waals surface area (Å²) in [5.41, 5.74) is 1.19. The fraction of sp³-hybridized carbons (Fsp3) is 0.462. The molecule has 0 bridgehead atoms. The Hall–Kier alpha value is -2.15. The van der Waals surface area contributed by atoms with E-state index in [-0.39, 0.29) is 0 Å². The van der Waals surface area contributed by atoms with Crippen LogP contribution in [0.1, 0.15) is 5.82 Å². The number of tetrazole rings is 1. The molecule has 3 rings (SSSR count). The van der Waals surface area contributed by atoms with Crippen molar-refractivity contribution in [1.29, 1.82) is 0 Å². The van der Waals surface area contributed by atoms with Gasteiger partial charge in [0.15, 0.2) is 6.61 Å². The first-order valence-electron chi connectivity index (χ1n) is 6.73. The van der Waals surface area contributed by atoms with Crippen LogP contribution in [0, 0.1) is 0 Å². The second-order valence-electron chi connectivity index (χ2n) is 4.72. The minimum atomic E-state index is 0.332. The number of piperazine rings is 1. The van der Waals surface area contributed by atoms with Crippen molar-refractivity contribution in [3.8, 4) is 5.75 Å². The van der Waals surface area contributed by atoms with E-state index in [2.05, 4.69) is 37.8 Å². The van der Waals surface area contributed by atoms with Crippen LogP contribution in [0.15, 0.2) is 24.3 Å². The minimum Gasteiger partial charge on any atom is -0.485 e. The Labute approximate surface area is 117 Å². The maximum absolute atomic E-state index is 5.72. The quantitative estimate of drug-likeness (QED) is 0.859. The zero-order valence-electron chi connectivity index (χ0n) is 11.5. The molecular formula is C13H18N6O. The fourth-order valence-corrected chi connectivity index (χ4v) is 2.22. The first-order chi connectivity index (χ1) is 9.81. The van der Waals surface area contributed by atoms with Gasteiger partial charge in [-0.15, -0.1) is 10.2 Å². The first-order valence-corrected chi connectivity index (χ1v) is 6.73. The maximum Gasteiger partial charge on any atom is 0.212 e. The first kappa shape index (κ1) is 12.9. The van der Waals surface area contributed by atoms with Crippen molar-refractivity contribution in [3.63, 3.8) is 0 Å². The molecule has 0 atom stereocenters. The Morgan fingerprint density at radius 3 is 2.90 bits per heavy atom. The van der Waals surface area contributed by atoms with Gasteiger partial charge in [0.1, 0.15) is 5.75 Å². The molecule has 0 amide bonds. The molecule has 106 valence electrons. The molecule has 2 heterocycles. The van der Waals surface area contributed by atoms with Crippen molar-refractivity contribution in [2.24, 2.45) is 7.05 Å². The molecule has 0 radical (unpaired) electrons. The second-order valence-corrected chi connectivity index (χ2v) is 4.72. The lowest BCUT2D eigenvalue weighted by Gasteiger charge is -2.29. The molecular weight excluding hydrogens is 256 g/mol. The van der Waals surface area contributed by atoms with Crippen LogP contribution in [0.4, 0.5) is 5.69 Å². The lowest BCUT2D eigenvalue weighted by atomic mass is 10.2. The maximum atomic E-state index is 5.72. The van der Waals surface area contributed by atoms with Crippen LogP contribution in [0.5, 0.6) is 5.75 Å². The van der Waals surface area contributed by atoms with Crippen LogP contribution in [-0.2, 0) is 13.7 Å². The Balaban J connectivity index is 1.64. The van der Waals surface area contributed by atoms with Gasteiger partial charge in [-0.3, -0.25) is 0 Å². The second kappa shape index (κ2) is 5.87. The minimum absolute atomic E-state index is 0.332. The molecule has 0 aliphatic carbocycles. The summed E-state index contributed by atoms with van der Waals surface area (Å²) in [7, 11) is 1.74. The molecule has 1 aromatic heterocycles. The number of hydrogen-bond acceptors (Lipinski definition) is 6. The summed E-state index contributed by atoms with van der Waals surface area (Å²) in [4.78, 5) is 3.78. The van der Waals surface area contributed by atoms with Crippen LogP contribution >= 0.6 is 0 Å². The van der Waals surface area contributed by atoms with Gasteiger partial charge < -0.3 is 15.0 Å². The summed E-state index contributed by atoms with van der Waals surface area (Å²) < 4.78 is 5.72. The largest absolute Gasteiger partial charge is 0.485 e. The highest BCUT2D eigenvalue weighted by atomic mass is 16.5. The zero-order valence-corrected chi connectivity index (χ0v) is 11.5. The predicted octanol–water partition coefficient (Wildman–Crippen LogP) is 0.199. The topological polar surface area (TPSA) is 68.1 Å². The van der Waals surface area contributed by atoms with Crippen LogP contribution in [0.2, 0.25) is 0 Å². The summed E-state index contributed by atoms with van der Waals surface area (Å²) in [6, 6.07) is 8.12. The number of ether oxygens (including phenoxy) is 1. The van der Waals surface area contributed by atoms with Gasteiger partial charge in [-0.1, -0.05) is 6.07 Å². The van der Waals surface area contributed by atoms with Gasteiger partial charge in [-0.25, -0.2) is 0 Å². The van der Waals surface area contributed by atoms with E-state index in [0.29, 0.717) is 12.4 Å². The van der Waals surface area contributed by atoms with Crippen molar-refractivity contribution in [1.82, 2.24) is 25.5 Å². The van der Waals surface area contributed by atoms with Gasteiger partial charge >= 0.3 is 0 Å². The SMILES string of the molecule is Cn1nnc(COc2cccc(N3CCNCC3)c2)n1. The number of benzene rings is 1. The fourth-order valence-electron chi connectivity index (χ4n) is 2.22. The van der Waals surface area contributed by atoms with Gasteiger partial charge in [-0.2, -0.15) is 4.80 Å². The van der Waals surface area contributed by atoms with E-state index in [1.54, 1.807) is 7.05 Å². The van der Waals surface area contributed by atoms with Crippen molar-refractivity contribution >= 4 is 5.69 Å². The van der Waals surface area contributed by atoms with Gasteiger partial charge in [0.05, 0.1) is 7.05 Å². The molecule has 7 heteroatoms. The number of hydrogen-bond donors (Lipinski definition) is 1. The highest BCUT2D eigenvalue weighted by molar-refractivity contribution is 5.51. The molecule has 0 unspecified atom stereocenters. The summed E-state index contributed by atoms with van der Waals surface area (Å²) in [6.07, 6.45) is 0. The third-order valence-electron chi connectivity index (χ3n) is 3.22. The van der Waals surface area contributed by atoms with E-state index in [0.717, 1.165) is 31.9 Å². The van der Waals surface area contributed by atoms with Crippen molar-refractivity contribution in [2.75, 3.05) is 31.1 Å². The number of rotatable bonds is 4. The lowest BCUT2D eigenvalue weighted by molar-refractivity contribution is 0.295. The van der Waals surface area contributed by atoms with Gasteiger partial charge in [0.25, 0.3) is 0 Å². The molecule has 0 saturated carbocycles. The molecule has 1 aromatic carbocycles. The van der Waals surface area contributed by atoms with E-state index in [1.165, 1.54) is 10.5 Å². The number of nitrogens with one attached hydrogen (secondary N) is 1. The third kappa shape index (κ3) is 3.05. The van der Waals surface area contributed by atoms with Crippen LogP contribution < -0.4 is 15.0 Å². The van der Waals surface area contributed by atoms with Crippen LogP contribution in [0.25, 0.3) is 0 Å². The van der Waals surface area contributed by atoms with E-state index in [1.807, 2.05) is 12.1 Å². The molecule has 2 aromatic rings. The summed E-state index contributed by atoms with van der Waals surface area (Å²) in [5.74, 6) is 1.41. The predicted molar refractivity (Wildman–Crippen MR) is 74.7 cm³/mol. The van der Waals surface area contributed by atoms with E-state index < -0.39 is 0 Å². The van der Waals surface area contributed by atoms with Gasteiger partial charge in [0, 0.05) is 37.9 Å². The summed E-state index contributed by atoms with van der Waals surface area (Å²) in [6.45, 7) is 4.42. The third-order valence-corrected chi connectivity index (χ3v) is 3.22. The summed E-state index contributed by atoms with van der Waals surface area (Å²) >= 11 is 0. The monoisotopic (exact) mass is 274 g/mol. The standard InChI is InChI=1S/C13H18N6O/c1-18-16-13(15-17-18)10-20-12-4-2-3-11(9-12)19-7-5-14-6-8-19/h2-4,9,14H,5-8,10H2,1H3. The van der Waals surface area contributed by atoms with Crippen molar-refractivity contribution < 1.29 is 4.74 Å². The Morgan fingerprint density at radius 1 is 1.30 bits per heavy atom. The number of anilines is 1. The Bertz CT molecular complexity index is 563. The average Bonchev–Trinajstić information content (AvgIpc) is 2.92. The molecule has 20 heavy (non-hydrogen) atoms. The molecule has 1 saturated heterocycles. The van der Waals surface area contributed by atoms with Crippen LogP contribution in [0.3, 0.4) is 0 Å². The van der Waals surface area contributed by atoms with Crippen molar-refractivity contribution in [2.45, 2.75) is 6.61 Å². The van der Waals surface area contributed by atoms with Gasteiger partial charge in [-0.05, 0) is 17.3 Å². The highest BCUT2D eigenvalue weighted by Crippen LogP contribution is 2.21. The van der Waals surface area contributed by atoms with Crippen molar-refractivity contribution in [3.05, 3.63) is 30.1 Å². The molecule has 1 fully saturated rings. The number of nitrogens with zero attached hydrogens (tertiary/aromatic N) is 5. The van der Waals surface area contributed by atoms with Crippen LogP contribution in [-0.4, -0.2) is 46.4 Å². The van der Waals surface area contributed by atoms with E-state index in [9.17, 15) is 0 Å². The highest BCUT2D eigenvalue weighted by Gasteiger charge is 2.11. The molecule has 0 spiro atoms. The lowest BCUT2D eigenvalue weighted by Crippen LogP contribution is -2.43. The van der Waals surface area contributed by atoms with E-state index in [4.69, 9.17) is 4.74 Å². The molecule has 7 nitrogen and oxygen atoms in total. The molecule has 1 N–H and O–H groups in total. The normalized spacial score (nSPS) is 15.3. The Kier molecular flexibility index (Phi) is 3.78. The molecule has 1 aliphatic rings. The smallest absolute Gasteiger partial charge is 0.212 e. The summed E-state index contributed by atoms with van der Waals surface area (Å²) in [5, 5.41) is 15.1. The average molecular weight is 274 g/mol. The van der Waals surface area contributed by atoms with E-state index >= 15 is 0 Å². The van der Waals surface area contributed by atoms with Gasteiger partial charge in [0.2, 0.25) is 5.82 Å². The Morgan fingerprint density at radius 2 is 2.15 bits per heavy atom. The number of aryl methyl sites for hydroxylation is 1. The number of aromatic nitrogens is 4. The zero-order chi connectivity index (χ0) is 13.8.